The standard InChI is InChI=1S/C18H28O6/c1-3-4-5-6-7-8-9-10-11-12-15-13(17(20)23-12)14(16(19)22-2)18(21)24-15/h12-15H,3-11H2,1-2H3. The largest absolute Gasteiger partial charge is 0.468 e. The molecule has 0 spiro atoms. The highest BCUT2D eigenvalue weighted by Crippen LogP contribution is 2.40. The Bertz CT molecular complexity index is 460. The van der Waals surface area contributed by atoms with Gasteiger partial charge in [-0.25, -0.2) is 0 Å². The van der Waals surface area contributed by atoms with Crippen molar-refractivity contribution in [1.29, 1.82) is 0 Å². The number of carbonyl (C=O) groups is 3. The quantitative estimate of drug-likeness (QED) is 0.263. The van der Waals surface area contributed by atoms with Gasteiger partial charge in [0.1, 0.15) is 12.0 Å². The first kappa shape index (κ1) is 18.7. The summed E-state index contributed by atoms with van der Waals surface area (Å²) in [5.74, 6) is -3.93. The number of rotatable bonds is 10. The van der Waals surface area contributed by atoms with Crippen molar-refractivity contribution < 1.29 is 28.6 Å². The van der Waals surface area contributed by atoms with Crippen LogP contribution in [-0.4, -0.2) is 37.2 Å². The number of fused-ring (bicyclic) bond motifs is 1. The summed E-state index contributed by atoms with van der Waals surface area (Å²) in [7, 11) is 1.20. The van der Waals surface area contributed by atoms with E-state index in [0.29, 0.717) is 6.42 Å². The van der Waals surface area contributed by atoms with Gasteiger partial charge in [-0.2, -0.15) is 0 Å². The molecule has 2 aliphatic rings. The molecule has 2 aliphatic heterocycles. The summed E-state index contributed by atoms with van der Waals surface area (Å²) >= 11 is 0. The van der Waals surface area contributed by atoms with Crippen LogP contribution in [0.5, 0.6) is 0 Å². The van der Waals surface area contributed by atoms with Crippen LogP contribution < -0.4 is 0 Å². The normalized spacial score (nSPS) is 28.4. The average Bonchev–Trinajstić information content (AvgIpc) is 3.06. The Hall–Kier alpha value is -1.59. The van der Waals surface area contributed by atoms with Crippen molar-refractivity contribution >= 4 is 17.9 Å². The maximum Gasteiger partial charge on any atom is 0.321 e. The van der Waals surface area contributed by atoms with Crippen LogP contribution in [0.4, 0.5) is 0 Å². The first-order valence-electron chi connectivity index (χ1n) is 9.09. The number of esters is 3. The van der Waals surface area contributed by atoms with Gasteiger partial charge in [0.2, 0.25) is 0 Å². The highest BCUT2D eigenvalue weighted by atomic mass is 16.6. The first-order chi connectivity index (χ1) is 11.6. The van der Waals surface area contributed by atoms with Gasteiger partial charge in [0.15, 0.2) is 12.0 Å². The lowest BCUT2D eigenvalue weighted by molar-refractivity contribution is -0.163. The van der Waals surface area contributed by atoms with E-state index in [9.17, 15) is 14.4 Å². The fourth-order valence-electron chi connectivity index (χ4n) is 3.56. The minimum Gasteiger partial charge on any atom is -0.468 e. The summed E-state index contributed by atoms with van der Waals surface area (Å²) in [5, 5.41) is 0. The lowest BCUT2D eigenvalue weighted by Crippen LogP contribution is -2.31. The number of ether oxygens (including phenoxy) is 3. The van der Waals surface area contributed by atoms with Crippen LogP contribution in [0.15, 0.2) is 0 Å². The Balaban J connectivity index is 1.73. The van der Waals surface area contributed by atoms with Gasteiger partial charge in [0, 0.05) is 0 Å². The molecule has 0 amide bonds. The highest BCUT2D eigenvalue weighted by Gasteiger charge is 2.61. The van der Waals surface area contributed by atoms with Crippen LogP contribution in [0.2, 0.25) is 0 Å². The Morgan fingerprint density at radius 2 is 1.58 bits per heavy atom. The van der Waals surface area contributed by atoms with E-state index < -0.39 is 42.0 Å². The second-order valence-corrected chi connectivity index (χ2v) is 6.67. The van der Waals surface area contributed by atoms with Crippen molar-refractivity contribution in [3.8, 4) is 0 Å². The third kappa shape index (κ3) is 4.28. The summed E-state index contributed by atoms with van der Waals surface area (Å²) in [5.41, 5.74) is 0. The molecule has 2 fully saturated rings. The van der Waals surface area contributed by atoms with E-state index in [1.54, 1.807) is 0 Å². The average molecular weight is 340 g/mol. The number of hydrogen-bond acceptors (Lipinski definition) is 6. The molecular formula is C18H28O6. The zero-order chi connectivity index (χ0) is 17.5. The summed E-state index contributed by atoms with van der Waals surface area (Å²) in [4.78, 5) is 35.6. The number of unbranched alkanes of at least 4 members (excludes halogenated alkanes) is 7. The van der Waals surface area contributed by atoms with Crippen LogP contribution >= 0.6 is 0 Å². The van der Waals surface area contributed by atoms with E-state index in [2.05, 4.69) is 11.7 Å². The molecule has 4 atom stereocenters. The van der Waals surface area contributed by atoms with Crippen molar-refractivity contribution in [2.75, 3.05) is 7.11 Å². The molecule has 0 aromatic carbocycles. The minimum absolute atomic E-state index is 0.429. The fourth-order valence-corrected chi connectivity index (χ4v) is 3.56. The Kier molecular flexibility index (Phi) is 7.06. The van der Waals surface area contributed by atoms with E-state index in [4.69, 9.17) is 9.47 Å². The van der Waals surface area contributed by atoms with E-state index in [0.717, 1.165) is 12.8 Å². The number of hydrogen-bond donors (Lipinski definition) is 0. The predicted molar refractivity (Wildman–Crippen MR) is 86.0 cm³/mol. The fraction of sp³-hybridized carbons (Fsp3) is 0.833. The molecule has 136 valence electrons. The van der Waals surface area contributed by atoms with Crippen LogP contribution in [0.1, 0.15) is 64.7 Å². The molecule has 0 radical (unpaired) electrons. The molecular weight excluding hydrogens is 312 g/mol. The molecule has 0 saturated carbocycles. The maximum absolute atomic E-state index is 12.0. The van der Waals surface area contributed by atoms with Gasteiger partial charge in [-0.15, -0.1) is 0 Å². The van der Waals surface area contributed by atoms with Gasteiger partial charge in [0.05, 0.1) is 7.11 Å². The molecule has 0 N–H and O–H groups in total. The maximum atomic E-state index is 12.0. The molecule has 2 heterocycles. The smallest absolute Gasteiger partial charge is 0.321 e. The zero-order valence-corrected chi connectivity index (χ0v) is 14.6. The molecule has 0 aliphatic carbocycles. The molecule has 4 unspecified atom stereocenters. The van der Waals surface area contributed by atoms with Crippen LogP contribution in [0.3, 0.4) is 0 Å². The van der Waals surface area contributed by atoms with Gasteiger partial charge in [-0.3, -0.25) is 14.4 Å². The SMILES string of the molecule is CCCCCCCCCCC1OC(=O)C2C(C(=O)OC)C(=O)OC12. The van der Waals surface area contributed by atoms with Gasteiger partial charge >= 0.3 is 17.9 Å². The van der Waals surface area contributed by atoms with E-state index >= 15 is 0 Å². The van der Waals surface area contributed by atoms with E-state index in [-0.39, 0.29) is 0 Å². The van der Waals surface area contributed by atoms with Crippen LogP contribution in [0, 0.1) is 11.8 Å². The summed E-state index contributed by atoms with van der Waals surface area (Å²) in [6.07, 6.45) is 9.12. The summed E-state index contributed by atoms with van der Waals surface area (Å²) in [6.45, 7) is 2.21. The Labute approximate surface area is 143 Å². The zero-order valence-electron chi connectivity index (χ0n) is 14.6. The van der Waals surface area contributed by atoms with Gasteiger partial charge in [0.25, 0.3) is 0 Å². The third-order valence-corrected chi connectivity index (χ3v) is 4.92. The van der Waals surface area contributed by atoms with Crippen molar-refractivity contribution in [2.45, 2.75) is 76.9 Å². The van der Waals surface area contributed by atoms with Crippen molar-refractivity contribution in [1.82, 2.24) is 0 Å². The Morgan fingerprint density at radius 1 is 0.958 bits per heavy atom. The second-order valence-electron chi connectivity index (χ2n) is 6.67. The van der Waals surface area contributed by atoms with Gasteiger partial charge < -0.3 is 14.2 Å². The van der Waals surface area contributed by atoms with Crippen molar-refractivity contribution in [2.24, 2.45) is 11.8 Å². The van der Waals surface area contributed by atoms with Crippen molar-refractivity contribution in [3.63, 3.8) is 0 Å². The molecule has 24 heavy (non-hydrogen) atoms. The third-order valence-electron chi connectivity index (χ3n) is 4.92. The lowest BCUT2D eigenvalue weighted by Gasteiger charge is -2.15. The molecule has 2 saturated heterocycles. The molecule has 0 aromatic rings. The molecule has 2 rings (SSSR count). The Morgan fingerprint density at radius 3 is 2.21 bits per heavy atom. The van der Waals surface area contributed by atoms with E-state index in [1.165, 1.54) is 45.6 Å². The molecule has 6 nitrogen and oxygen atoms in total. The van der Waals surface area contributed by atoms with Crippen molar-refractivity contribution in [3.05, 3.63) is 0 Å². The first-order valence-corrected chi connectivity index (χ1v) is 9.09. The van der Waals surface area contributed by atoms with E-state index in [1.807, 2.05) is 0 Å². The summed E-state index contributed by atoms with van der Waals surface area (Å²) in [6, 6.07) is 0. The molecule has 6 heteroatoms. The summed E-state index contributed by atoms with van der Waals surface area (Å²) < 4.78 is 15.2. The predicted octanol–water partition coefficient (Wildman–Crippen LogP) is 2.77. The van der Waals surface area contributed by atoms with Gasteiger partial charge in [-0.1, -0.05) is 51.9 Å². The second kappa shape index (κ2) is 9.04. The lowest BCUT2D eigenvalue weighted by atomic mass is 9.89. The number of carbonyl (C=O) groups excluding carboxylic acids is 3. The van der Waals surface area contributed by atoms with Crippen LogP contribution in [-0.2, 0) is 28.6 Å². The number of cyclic esters (lactones) is 1. The highest BCUT2D eigenvalue weighted by molar-refractivity contribution is 6.02. The van der Waals surface area contributed by atoms with Gasteiger partial charge in [-0.05, 0) is 12.8 Å². The monoisotopic (exact) mass is 340 g/mol. The van der Waals surface area contributed by atoms with Crippen LogP contribution in [0.25, 0.3) is 0 Å². The minimum atomic E-state index is -1.17. The number of methoxy groups -OCH3 is 1. The molecule has 0 aromatic heterocycles. The topological polar surface area (TPSA) is 78.9 Å². The molecule has 0 bridgehead atoms.